The lowest BCUT2D eigenvalue weighted by Crippen LogP contribution is -2.35. The Hall–Kier alpha value is -1.62. The van der Waals surface area contributed by atoms with Gasteiger partial charge in [-0.3, -0.25) is 0 Å². The van der Waals surface area contributed by atoms with Crippen LogP contribution in [0.2, 0.25) is 0 Å². The van der Waals surface area contributed by atoms with Crippen LogP contribution in [0.5, 0.6) is 0 Å². The fourth-order valence-corrected chi connectivity index (χ4v) is 2.52. The third-order valence-corrected chi connectivity index (χ3v) is 3.75. The van der Waals surface area contributed by atoms with Crippen LogP contribution >= 0.6 is 0 Å². The first-order chi connectivity index (χ1) is 10.2. The van der Waals surface area contributed by atoms with Gasteiger partial charge in [-0.1, -0.05) is 12.1 Å². The van der Waals surface area contributed by atoms with Crippen LogP contribution in [-0.4, -0.2) is 37.1 Å². The van der Waals surface area contributed by atoms with Gasteiger partial charge in [0, 0.05) is 13.1 Å². The quantitative estimate of drug-likeness (QED) is 0.759. The predicted molar refractivity (Wildman–Crippen MR) is 81.5 cm³/mol. The van der Waals surface area contributed by atoms with E-state index in [0.29, 0.717) is 13.1 Å². The van der Waals surface area contributed by atoms with E-state index in [2.05, 4.69) is 15.5 Å². The van der Waals surface area contributed by atoms with E-state index in [1.165, 1.54) is 38.1 Å². The van der Waals surface area contributed by atoms with Gasteiger partial charge in [-0.25, -0.2) is 9.18 Å². The molecule has 0 bridgehead atoms. The number of amides is 2. The number of carbonyl (C=O) groups excluding carboxylic acids is 1. The lowest BCUT2D eigenvalue weighted by Gasteiger charge is -2.14. The Morgan fingerprint density at radius 2 is 1.81 bits per heavy atom. The number of carbonyl (C=O) groups is 1. The molecule has 5 heteroatoms. The minimum absolute atomic E-state index is 0.166. The summed E-state index contributed by atoms with van der Waals surface area (Å²) in [5.41, 5.74) is 0.889. The number of hydrogen-bond donors (Lipinski definition) is 2. The SMILES string of the molecule is O=C(NCCCCN1CCCC1)NCc1ccc(F)cc1. The number of hydrogen-bond acceptors (Lipinski definition) is 2. The molecule has 0 radical (unpaired) electrons. The molecule has 1 fully saturated rings. The average molecular weight is 293 g/mol. The molecule has 0 aromatic heterocycles. The highest BCUT2D eigenvalue weighted by molar-refractivity contribution is 5.73. The number of nitrogens with one attached hydrogen (secondary N) is 2. The van der Waals surface area contributed by atoms with Crippen LogP contribution in [0.1, 0.15) is 31.2 Å². The van der Waals surface area contributed by atoms with Gasteiger partial charge in [0.1, 0.15) is 5.82 Å². The maximum atomic E-state index is 12.7. The second kappa shape index (κ2) is 8.62. The molecule has 2 rings (SSSR count). The normalized spacial score (nSPS) is 15.1. The largest absolute Gasteiger partial charge is 0.338 e. The second-order valence-corrected chi connectivity index (χ2v) is 5.49. The molecule has 1 aliphatic heterocycles. The van der Waals surface area contributed by atoms with Crippen LogP contribution < -0.4 is 10.6 Å². The molecule has 0 spiro atoms. The molecular formula is C16H24FN3O. The molecule has 4 nitrogen and oxygen atoms in total. The fourth-order valence-electron chi connectivity index (χ4n) is 2.52. The van der Waals surface area contributed by atoms with Crippen molar-refractivity contribution in [2.24, 2.45) is 0 Å². The van der Waals surface area contributed by atoms with Crippen LogP contribution in [0.15, 0.2) is 24.3 Å². The van der Waals surface area contributed by atoms with Crippen LogP contribution in [0.3, 0.4) is 0 Å². The highest BCUT2D eigenvalue weighted by atomic mass is 19.1. The maximum Gasteiger partial charge on any atom is 0.315 e. The number of benzene rings is 1. The number of urea groups is 1. The number of nitrogens with zero attached hydrogens (tertiary/aromatic N) is 1. The lowest BCUT2D eigenvalue weighted by atomic mass is 10.2. The van der Waals surface area contributed by atoms with Crippen LogP contribution in [0.4, 0.5) is 9.18 Å². The van der Waals surface area contributed by atoms with Crippen molar-refractivity contribution in [1.82, 2.24) is 15.5 Å². The van der Waals surface area contributed by atoms with Crippen molar-refractivity contribution in [2.45, 2.75) is 32.2 Å². The molecule has 21 heavy (non-hydrogen) atoms. The molecule has 0 atom stereocenters. The molecule has 2 amide bonds. The van der Waals surface area contributed by atoms with Crippen LogP contribution in [0.25, 0.3) is 0 Å². The van der Waals surface area contributed by atoms with E-state index >= 15 is 0 Å². The fraction of sp³-hybridized carbons (Fsp3) is 0.562. The van der Waals surface area contributed by atoms with Crippen molar-refractivity contribution < 1.29 is 9.18 Å². The van der Waals surface area contributed by atoms with Crippen molar-refractivity contribution in [1.29, 1.82) is 0 Å². The molecule has 1 saturated heterocycles. The summed E-state index contributed by atoms with van der Waals surface area (Å²) in [6.07, 6.45) is 4.77. The third-order valence-electron chi connectivity index (χ3n) is 3.75. The molecule has 1 aromatic rings. The van der Waals surface area contributed by atoms with Gasteiger partial charge < -0.3 is 15.5 Å². The summed E-state index contributed by atoms with van der Waals surface area (Å²) < 4.78 is 12.7. The minimum atomic E-state index is -0.263. The van der Waals surface area contributed by atoms with Gasteiger partial charge in [-0.15, -0.1) is 0 Å². The van der Waals surface area contributed by atoms with E-state index < -0.39 is 0 Å². The van der Waals surface area contributed by atoms with Crippen molar-refractivity contribution >= 4 is 6.03 Å². The Bertz CT molecular complexity index is 430. The molecule has 0 unspecified atom stereocenters. The maximum absolute atomic E-state index is 12.7. The first-order valence-electron chi connectivity index (χ1n) is 7.72. The van der Waals surface area contributed by atoms with Crippen LogP contribution in [0, 0.1) is 5.82 Å². The van der Waals surface area contributed by atoms with E-state index in [1.807, 2.05) is 0 Å². The first-order valence-corrected chi connectivity index (χ1v) is 7.72. The van der Waals surface area contributed by atoms with E-state index in [0.717, 1.165) is 24.9 Å². The van der Waals surface area contributed by atoms with Gasteiger partial charge in [0.2, 0.25) is 0 Å². The summed E-state index contributed by atoms with van der Waals surface area (Å²) in [5.74, 6) is -0.263. The Labute approximate surface area is 125 Å². The molecule has 1 aromatic carbocycles. The van der Waals surface area contributed by atoms with Gasteiger partial charge in [-0.05, 0) is 63.0 Å². The average Bonchev–Trinajstić information content (AvgIpc) is 2.99. The highest BCUT2D eigenvalue weighted by Crippen LogP contribution is 2.07. The van der Waals surface area contributed by atoms with Crippen molar-refractivity contribution in [3.8, 4) is 0 Å². The molecule has 1 aliphatic rings. The molecular weight excluding hydrogens is 269 g/mol. The van der Waals surface area contributed by atoms with Gasteiger partial charge in [0.25, 0.3) is 0 Å². The molecule has 116 valence electrons. The molecule has 0 saturated carbocycles. The van der Waals surface area contributed by atoms with E-state index in [-0.39, 0.29) is 11.8 Å². The number of halogens is 1. The van der Waals surface area contributed by atoms with E-state index in [9.17, 15) is 9.18 Å². The number of rotatable bonds is 7. The summed E-state index contributed by atoms with van der Waals surface area (Å²) in [6.45, 7) is 4.71. The van der Waals surface area contributed by atoms with E-state index in [4.69, 9.17) is 0 Å². The Morgan fingerprint density at radius 3 is 2.52 bits per heavy atom. The predicted octanol–water partition coefficient (Wildman–Crippen LogP) is 2.50. The summed E-state index contributed by atoms with van der Waals surface area (Å²) in [7, 11) is 0. The minimum Gasteiger partial charge on any atom is -0.338 e. The van der Waals surface area contributed by atoms with Gasteiger partial charge in [0.15, 0.2) is 0 Å². The first kappa shape index (κ1) is 15.8. The van der Waals surface area contributed by atoms with Gasteiger partial charge in [0.05, 0.1) is 0 Å². The Kier molecular flexibility index (Phi) is 6.47. The summed E-state index contributed by atoms with van der Waals surface area (Å²) in [4.78, 5) is 14.1. The van der Waals surface area contributed by atoms with Crippen molar-refractivity contribution in [3.63, 3.8) is 0 Å². The smallest absolute Gasteiger partial charge is 0.315 e. The Morgan fingerprint density at radius 1 is 1.10 bits per heavy atom. The summed E-state index contributed by atoms with van der Waals surface area (Å²) in [6, 6.07) is 5.97. The molecule has 2 N–H and O–H groups in total. The lowest BCUT2D eigenvalue weighted by molar-refractivity contribution is 0.240. The summed E-state index contributed by atoms with van der Waals surface area (Å²) >= 11 is 0. The van der Waals surface area contributed by atoms with Crippen molar-refractivity contribution in [2.75, 3.05) is 26.2 Å². The van der Waals surface area contributed by atoms with Gasteiger partial charge in [-0.2, -0.15) is 0 Å². The number of likely N-dealkylation sites (tertiary alicyclic amines) is 1. The second-order valence-electron chi connectivity index (χ2n) is 5.49. The topological polar surface area (TPSA) is 44.4 Å². The monoisotopic (exact) mass is 293 g/mol. The van der Waals surface area contributed by atoms with Gasteiger partial charge >= 0.3 is 6.03 Å². The number of unbranched alkanes of at least 4 members (excludes halogenated alkanes) is 1. The molecule has 0 aliphatic carbocycles. The van der Waals surface area contributed by atoms with Crippen molar-refractivity contribution in [3.05, 3.63) is 35.6 Å². The highest BCUT2D eigenvalue weighted by Gasteiger charge is 2.10. The summed E-state index contributed by atoms with van der Waals surface area (Å²) in [5, 5.41) is 5.61. The zero-order valence-electron chi connectivity index (χ0n) is 12.4. The Balaban J connectivity index is 1.50. The zero-order chi connectivity index (χ0) is 14.9. The zero-order valence-corrected chi connectivity index (χ0v) is 12.4. The van der Waals surface area contributed by atoms with E-state index in [1.54, 1.807) is 12.1 Å². The molecule has 1 heterocycles. The van der Waals surface area contributed by atoms with Crippen LogP contribution in [-0.2, 0) is 6.54 Å². The third kappa shape index (κ3) is 6.12. The standard InChI is InChI=1S/C16H24FN3O/c17-15-7-5-14(6-8-15)13-19-16(21)18-9-1-2-10-20-11-3-4-12-20/h5-8H,1-4,9-13H2,(H2,18,19,21).